The van der Waals surface area contributed by atoms with E-state index in [4.69, 9.17) is 0 Å². The molecule has 3 rings (SSSR count). The highest BCUT2D eigenvalue weighted by atomic mass is 32.2. The second kappa shape index (κ2) is 6.60. The first-order chi connectivity index (χ1) is 11.3. The number of rotatable bonds is 5. The molecular weight excluding hydrogens is 350 g/mol. The first-order valence-electron chi connectivity index (χ1n) is 7.50. The molecule has 3 heterocycles. The van der Waals surface area contributed by atoms with Gasteiger partial charge in [-0.15, -0.1) is 0 Å². The molecular formula is C14H19N5O3S2. The highest BCUT2D eigenvalue weighted by molar-refractivity contribution is 7.99. The number of sulfone groups is 1. The van der Waals surface area contributed by atoms with Crippen LogP contribution in [0.25, 0.3) is 0 Å². The molecule has 24 heavy (non-hydrogen) atoms. The topological polar surface area (TPSA) is 98.9 Å². The average molecular weight is 369 g/mol. The Morgan fingerprint density at radius 1 is 1.50 bits per heavy atom. The van der Waals surface area contributed by atoms with Gasteiger partial charge in [-0.2, -0.15) is 5.10 Å². The molecule has 0 aliphatic carbocycles. The maximum Gasteiger partial charge on any atom is 0.235 e. The van der Waals surface area contributed by atoms with Crippen LogP contribution in [0.3, 0.4) is 0 Å². The van der Waals surface area contributed by atoms with E-state index in [0.717, 1.165) is 10.9 Å². The first-order valence-corrected chi connectivity index (χ1v) is 10.3. The Bertz CT molecular complexity index is 856. The number of aromatic nitrogens is 4. The van der Waals surface area contributed by atoms with Gasteiger partial charge >= 0.3 is 0 Å². The van der Waals surface area contributed by atoms with Gasteiger partial charge in [0.2, 0.25) is 5.91 Å². The van der Waals surface area contributed by atoms with E-state index in [0.29, 0.717) is 12.2 Å². The van der Waals surface area contributed by atoms with E-state index in [-0.39, 0.29) is 29.2 Å². The van der Waals surface area contributed by atoms with Gasteiger partial charge in [0.25, 0.3) is 0 Å². The molecule has 0 bridgehead atoms. The molecule has 1 saturated heterocycles. The number of thioether (sulfide) groups is 1. The van der Waals surface area contributed by atoms with E-state index < -0.39 is 9.84 Å². The molecule has 0 radical (unpaired) electrons. The van der Waals surface area contributed by atoms with Gasteiger partial charge in [0.15, 0.2) is 15.0 Å². The van der Waals surface area contributed by atoms with Gasteiger partial charge in [0.1, 0.15) is 5.82 Å². The fourth-order valence-electron chi connectivity index (χ4n) is 2.66. The Morgan fingerprint density at radius 2 is 2.29 bits per heavy atom. The molecule has 1 amide bonds. The van der Waals surface area contributed by atoms with Crippen LogP contribution in [-0.2, 0) is 21.7 Å². The lowest BCUT2D eigenvalue weighted by Gasteiger charge is -2.13. The lowest BCUT2D eigenvalue weighted by molar-refractivity contribution is -0.113. The highest BCUT2D eigenvalue weighted by Crippen LogP contribution is 2.27. The van der Waals surface area contributed by atoms with E-state index in [1.165, 1.54) is 11.8 Å². The predicted octanol–water partition coefficient (Wildman–Crippen LogP) is 1.02. The average Bonchev–Trinajstić information content (AvgIpc) is 3.16. The number of nitrogens with zero attached hydrogens (tertiary/aromatic N) is 4. The molecule has 0 aromatic carbocycles. The van der Waals surface area contributed by atoms with Gasteiger partial charge in [0.05, 0.1) is 29.0 Å². The monoisotopic (exact) mass is 369 g/mol. The summed E-state index contributed by atoms with van der Waals surface area (Å²) in [6.07, 6.45) is 4.02. The quantitative estimate of drug-likeness (QED) is 0.790. The summed E-state index contributed by atoms with van der Waals surface area (Å²) in [5.41, 5.74) is 0.742. The van der Waals surface area contributed by atoms with Gasteiger partial charge in [-0.1, -0.05) is 11.8 Å². The third-order valence-electron chi connectivity index (χ3n) is 3.79. The fourth-order valence-corrected chi connectivity index (χ4v) is 5.08. The summed E-state index contributed by atoms with van der Waals surface area (Å²) < 4.78 is 26.8. The Kier molecular flexibility index (Phi) is 4.68. The number of anilines is 1. The summed E-state index contributed by atoms with van der Waals surface area (Å²) in [7, 11) is -1.15. The van der Waals surface area contributed by atoms with Crippen molar-refractivity contribution in [2.24, 2.45) is 7.05 Å². The molecule has 2 aromatic rings. The van der Waals surface area contributed by atoms with Crippen molar-refractivity contribution in [3.8, 4) is 0 Å². The number of carbonyl (C=O) groups excluding carboxylic acids is 1. The lowest BCUT2D eigenvalue weighted by atomic mass is 10.3. The SMILES string of the molecule is Cc1cc(NC(=O)CSc2nccn2C)n(C2CCS(=O)(=O)C2)n1. The van der Waals surface area contributed by atoms with Crippen molar-refractivity contribution in [2.45, 2.75) is 24.5 Å². The zero-order chi connectivity index (χ0) is 17.3. The maximum atomic E-state index is 12.2. The molecule has 130 valence electrons. The summed E-state index contributed by atoms with van der Waals surface area (Å²) >= 11 is 1.34. The Balaban J connectivity index is 1.67. The van der Waals surface area contributed by atoms with Crippen LogP contribution in [0.4, 0.5) is 5.82 Å². The van der Waals surface area contributed by atoms with Crippen molar-refractivity contribution in [2.75, 3.05) is 22.6 Å². The van der Waals surface area contributed by atoms with E-state index in [9.17, 15) is 13.2 Å². The normalized spacial score (nSPS) is 19.5. The second-order valence-electron chi connectivity index (χ2n) is 5.83. The third-order valence-corrected chi connectivity index (χ3v) is 6.60. The molecule has 0 spiro atoms. The van der Waals surface area contributed by atoms with Crippen LogP contribution in [0.1, 0.15) is 18.2 Å². The minimum Gasteiger partial charge on any atom is -0.329 e. The molecule has 1 aliphatic heterocycles. The Hall–Kier alpha value is -1.81. The number of hydrogen-bond acceptors (Lipinski definition) is 6. The number of imidazole rings is 1. The van der Waals surface area contributed by atoms with Crippen LogP contribution in [0.5, 0.6) is 0 Å². The number of hydrogen-bond donors (Lipinski definition) is 1. The standard InChI is InChI=1S/C14H19N5O3S2/c1-10-7-12(19(17-10)11-3-6-24(21,22)9-11)16-13(20)8-23-14-15-4-5-18(14)2/h4-5,7,11H,3,6,8-9H2,1-2H3,(H,16,20). The maximum absolute atomic E-state index is 12.2. The minimum atomic E-state index is -3.01. The number of aryl methyl sites for hydroxylation is 2. The van der Waals surface area contributed by atoms with E-state index in [1.807, 2.05) is 24.7 Å². The van der Waals surface area contributed by atoms with Crippen molar-refractivity contribution in [3.63, 3.8) is 0 Å². The molecule has 1 aliphatic rings. The summed E-state index contributed by atoms with van der Waals surface area (Å²) in [6.45, 7) is 1.82. The zero-order valence-corrected chi connectivity index (χ0v) is 15.1. The summed E-state index contributed by atoms with van der Waals surface area (Å²) in [4.78, 5) is 16.4. The van der Waals surface area contributed by atoms with E-state index >= 15 is 0 Å². The van der Waals surface area contributed by atoms with Crippen molar-refractivity contribution in [1.29, 1.82) is 0 Å². The molecule has 1 atom stereocenters. The zero-order valence-electron chi connectivity index (χ0n) is 13.5. The van der Waals surface area contributed by atoms with Gasteiger partial charge in [-0.05, 0) is 13.3 Å². The summed E-state index contributed by atoms with van der Waals surface area (Å²) in [5.74, 6) is 0.820. The number of nitrogens with one attached hydrogen (secondary N) is 1. The van der Waals surface area contributed by atoms with Crippen molar-refractivity contribution in [1.82, 2.24) is 19.3 Å². The molecule has 10 heteroatoms. The first kappa shape index (κ1) is 17.0. The summed E-state index contributed by atoms with van der Waals surface area (Å²) in [6, 6.07) is 1.54. The second-order valence-corrected chi connectivity index (χ2v) is 9.00. The van der Waals surface area contributed by atoms with Crippen LogP contribution in [0.2, 0.25) is 0 Å². The lowest BCUT2D eigenvalue weighted by Crippen LogP contribution is -2.20. The molecule has 1 unspecified atom stereocenters. The minimum absolute atomic E-state index is 0.0685. The van der Waals surface area contributed by atoms with Crippen molar-refractivity contribution < 1.29 is 13.2 Å². The largest absolute Gasteiger partial charge is 0.329 e. The highest BCUT2D eigenvalue weighted by Gasteiger charge is 2.31. The number of amides is 1. The van der Waals surface area contributed by atoms with Gasteiger partial charge in [-0.25, -0.2) is 18.1 Å². The number of carbonyl (C=O) groups is 1. The van der Waals surface area contributed by atoms with E-state index in [1.54, 1.807) is 16.9 Å². The predicted molar refractivity (Wildman–Crippen MR) is 91.8 cm³/mol. The summed E-state index contributed by atoms with van der Waals surface area (Å²) in [5, 5.41) is 7.94. The molecule has 1 fully saturated rings. The molecule has 1 N–H and O–H groups in total. The van der Waals surface area contributed by atoms with Crippen LogP contribution in [-0.4, -0.2) is 50.9 Å². The van der Waals surface area contributed by atoms with Crippen molar-refractivity contribution in [3.05, 3.63) is 24.2 Å². The van der Waals surface area contributed by atoms with Crippen LogP contribution in [0.15, 0.2) is 23.6 Å². The van der Waals surface area contributed by atoms with Crippen LogP contribution in [0, 0.1) is 6.92 Å². The Labute approximate surface area is 144 Å². The van der Waals surface area contributed by atoms with Crippen LogP contribution < -0.4 is 5.32 Å². The fraction of sp³-hybridized carbons (Fsp3) is 0.500. The smallest absolute Gasteiger partial charge is 0.235 e. The van der Waals surface area contributed by atoms with E-state index in [2.05, 4.69) is 15.4 Å². The van der Waals surface area contributed by atoms with Crippen molar-refractivity contribution >= 4 is 33.3 Å². The molecule has 0 saturated carbocycles. The van der Waals surface area contributed by atoms with Crippen LogP contribution >= 0.6 is 11.8 Å². The van der Waals surface area contributed by atoms with Gasteiger partial charge < -0.3 is 9.88 Å². The van der Waals surface area contributed by atoms with Gasteiger partial charge in [-0.3, -0.25) is 4.79 Å². The Morgan fingerprint density at radius 3 is 2.92 bits per heavy atom. The van der Waals surface area contributed by atoms with Gasteiger partial charge in [0, 0.05) is 25.5 Å². The molecule has 8 nitrogen and oxygen atoms in total. The third kappa shape index (κ3) is 3.81. The molecule has 2 aromatic heterocycles.